The van der Waals surface area contributed by atoms with Crippen LogP contribution in [0.1, 0.15) is 11.1 Å². The van der Waals surface area contributed by atoms with Crippen LogP contribution < -0.4 is 0 Å². The SMILES string of the molecule is COC(CN=Cc1cc(Cl)c(C=NCC(OC)OC)cc1Cl)OC. The molecule has 8 heteroatoms. The standard InChI is InChI=1S/C16H22Cl2N2O4/c1-21-15(22-2)9-19-7-11-5-14(18)12(6-13(11)17)8-20-10-16(23-3)24-4/h5-8,15-16H,9-10H2,1-4H3. The van der Waals surface area contributed by atoms with Crippen molar-refractivity contribution in [1.29, 1.82) is 0 Å². The van der Waals surface area contributed by atoms with E-state index in [0.717, 1.165) is 0 Å². The molecule has 134 valence electrons. The summed E-state index contributed by atoms with van der Waals surface area (Å²) in [5, 5.41) is 1.04. The van der Waals surface area contributed by atoms with Crippen molar-refractivity contribution in [2.24, 2.45) is 9.98 Å². The van der Waals surface area contributed by atoms with Crippen LogP contribution in [0.4, 0.5) is 0 Å². The Morgan fingerprint density at radius 2 is 1.12 bits per heavy atom. The monoisotopic (exact) mass is 376 g/mol. The van der Waals surface area contributed by atoms with Gasteiger partial charge in [-0.1, -0.05) is 23.2 Å². The van der Waals surface area contributed by atoms with Gasteiger partial charge in [0.2, 0.25) is 0 Å². The Morgan fingerprint density at radius 3 is 1.42 bits per heavy atom. The maximum atomic E-state index is 6.26. The molecular formula is C16H22Cl2N2O4. The number of hydrogen-bond acceptors (Lipinski definition) is 6. The van der Waals surface area contributed by atoms with Crippen molar-refractivity contribution in [3.8, 4) is 0 Å². The molecule has 0 N–H and O–H groups in total. The van der Waals surface area contributed by atoms with Gasteiger partial charge in [0.1, 0.15) is 0 Å². The highest BCUT2D eigenvalue weighted by Crippen LogP contribution is 2.23. The summed E-state index contributed by atoms with van der Waals surface area (Å²) in [5.41, 5.74) is 1.41. The second-order valence-corrected chi connectivity index (χ2v) is 5.50. The number of halogens is 2. The van der Waals surface area contributed by atoms with Crippen molar-refractivity contribution in [1.82, 2.24) is 0 Å². The fourth-order valence-electron chi connectivity index (χ4n) is 1.74. The minimum atomic E-state index is -0.392. The first-order valence-corrected chi connectivity index (χ1v) is 7.91. The van der Waals surface area contributed by atoms with Crippen LogP contribution in [0.3, 0.4) is 0 Å². The number of benzene rings is 1. The van der Waals surface area contributed by atoms with Crippen LogP contribution in [-0.4, -0.2) is 66.5 Å². The molecule has 0 radical (unpaired) electrons. The summed E-state index contributed by atoms with van der Waals surface area (Å²) in [7, 11) is 6.22. The maximum absolute atomic E-state index is 6.26. The average Bonchev–Trinajstić information content (AvgIpc) is 2.59. The first-order valence-electron chi connectivity index (χ1n) is 7.15. The molecule has 0 amide bonds. The van der Waals surface area contributed by atoms with Crippen molar-refractivity contribution < 1.29 is 18.9 Å². The van der Waals surface area contributed by atoms with Gasteiger partial charge in [-0.05, 0) is 12.1 Å². The third-order valence-electron chi connectivity index (χ3n) is 3.14. The van der Waals surface area contributed by atoms with Gasteiger partial charge in [-0.25, -0.2) is 0 Å². The molecule has 0 saturated heterocycles. The van der Waals surface area contributed by atoms with Crippen molar-refractivity contribution in [3.63, 3.8) is 0 Å². The molecule has 0 atom stereocenters. The highest BCUT2D eigenvalue weighted by molar-refractivity contribution is 6.36. The lowest BCUT2D eigenvalue weighted by atomic mass is 10.1. The zero-order valence-corrected chi connectivity index (χ0v) is 15.7. The lowest BCUT2D eigenvalue weighted by Crippen LogP contribution is -2.16. The summed E-state index contributed by atoms with van der Waals surface area (Å²) < 4.78 is 20.2. The predicted octanol–water partition coefficient (Wildman–Crippen LogP) is 3.07. The van der Waals surface area contributed by atoms with Crippen LogP contribution in [0.25, 0.3) is 0 Å². The van der Waals surface area contributed by atoms with E-state index in [1.807, 2.05) is 0 Å². The van der Waals surface area contributed by atoms with Crippen LogP contribution in [0.15, 0.2) is 22.1 Å². The number of nitrogens with zero attached hydrogens (tertiary/aromatic N) is 2. The molecule has 0 unspecified atom stereocenters. The normalized spacial score (nSPS) is 12.3. The van der Waals surface area contributed by atoms with Gasteiger partial charge in [0.25, 0.3) is 0 Å². The van der Waals surface area contributed by atoms with E-state index in [1.165, 1.54) is 0 Å². The number of rotatable bonds is 10. The van der Waals surface area contributed by atoms with E-state index in [-0.39, 0.29) is 0 Å². The van der Waals surface area contributed by atoms with E-state index in [0.29, 0.717) is 34.3 Å². The van der Waals surface area contributed by atoms with Crippen molar-refractivity contribution in [3.05, 3.63) is 33.3 Å². The zero-order valence-electron chi connectivity index (χ0n) is 14.2. The second kappa shape index (κ2) is 11.5. The number of hydrogen-bond donors (Lipinski definition) is 0. The maximum Gasteiger partial charge on any atom is 0.176 e. The zero-order chi connectivity index (χ0) is 17.9. The van der Waals surface area contributed by atoms with Crippen molar-refractivity contribution >= 4 is 35.6 Å². The van der Waals surface area contributed by atoms with Crippen LogP contribution in [0, 0.1) is 0 Å². The largest absolute Gasteiger partial charge is 0.354 e. The summed E-state index contributed by atoms with van der Waals surface area (Å²) in [5.74, 6) is 0. The summed E-state index contributed by atoms with van der Waals surface area (Å²) >= 11 is 12.5. The van der Waals surface area contributed by atoms with E-state index in [9.17, 15) is 0 Å². The molecule has 24 heavy (non-hydrogen) atoms. The molecule has 1 rings (SSSR count). The van der Waals surface area contributed by atoms with E-state index < -0.39 is 12.6 Å². The van der Waals surface area contributed by atoms with Crippen molar-refractivity contribution in [2.75, 3.05) is 41.5 Å². The molecule has 0 aromatic heterocycles. The lowest BCUT2D eigenvalue weighted by Gasteiger charge is -2.10. The van der Waals surface area contributed by atoms with Gasteiger partial charge in [-0.2, -0.15) is 0 Å². The second-order valence-electron chi connectivity index (χ2n) is 4.69. The third kappa shape index (κ3) is 6.84. The number of aliphatic imine (C=N–C) groups is 2. The molecule has 0 aliphatic heterocycles. The van der Waals surface area contributed by atoms with Gasteiger partial charge in [0.05, 0.1) is 23.1 Å². The molecule has 0 aliphatic carbocycles. The van der Waals surface area contributed by atoms with E-state index in [2.05, 4.69) is 9.98 Å². The Balaban J connectivity index is 2.78. The van der Waals surface area contributed by atoms with Crippen LogP contribution in [0.2, 0.25) is 10.0 Å². The smallest absolute Gasteiger partial charge is 0.176 e. The van der Waals surface area contributed by atoms with Gasteiger partial charge in [-0.3, -0.25) is 9.98 Å². The minimum Gasteiger partial charge on any atom is -0.354 e. The fourth-order valence-corrected chi connectivity index (χ4v) is 2.18. The third-order valence-corrected chi connectivity index (χ3v) is 3.79. The number of methoxy groups -OCH3 is 4. The highest BCUT2D eigenvalue weighted by Gasteiger charge is 2.07. The first kappa shape index (κ1) is 21.0. The van der Waals surface area contributed by atoms with Crippen molar-refractivity contribution in [2.45, 2.75) is 12.6 Å². The van der Waals surface area contributed by atoms with Crippen LogP contribution in [0.5, 0.6) is 0 Å². The molecule has 0 bridgehead atoms. The summed E-state index contributed by atoms with van der Waals surface area (Å²) in [6, 6.07) is 3.46. The Hall–Kier alpha value is -1.02. The molecule has 0 aliphatic rings. The Morgan fingerprint density at radius 1 is 0.792 bits per heavy atom. The van der Waals surface area contributed by atoms with Gasteiger partial charge in [0.15, 0.2) is 12.6 Å². The molecule has 0 spiro atoms. The van der Waals surface area contributed by atoms with Gasteiger partial charge >= 0.3 is 0 Å². The van der Waals surface area contributed by atoms with Crippen LogP contribution in [-0.2, 0) is 18.9 Å². The molecule has 0 fully saturated rings. The Bertz CT molecular complexity index is 510. The molecule has 1 aromatic carbocycles. The topological polar surface area (TPSA) is 61.6 Å². The summed E-state index contributed by atoms with van der Waals surface area (Å²) in [6.45, 7) is 0.721. The molecule has 6 nitrogen and oxygen atoms in total. The Labute approximate surface area is 152 Å². The number of ether oxygens (including phenoxy) is 4. The lowest BCUT2D eigenvalue weighted by molar-refractivity contribution is -0.0937. The average molecular weight is 377 g/mol. The molecule has 0 heterocycles. The molecule has 1 aromatic rings. The van der Waals surface area contributed by atoms with Crippen LogP contribution >= 0.6 is 23.2 Å². The van der Waals surface area contributed by atoms with E-state index in [1.54, 1.807) is 53.0 Å². The summed E-state index contributed by atoms with van der Waals surface area (Å²) in [4.78, 5) is 8.48. The summed E-state index contributed by atoms with van der Waals surface area (Å²) in [6.07, 6.45) is 2.48. The predicted molar refractivity (Wildman–Crippen MR) is 97.0 cm³/mol. The molecular weight excluding hydrogens is 355 g/mol. The minimum absolute atomic E-state index is 0.361. The van der Waals surface area contributed by atoms with Gasteiger partial charge < -0.3 is 18.9 Å². The quantitative estimate of drug-likeness (QED) is 0.465. The van der Waals surface area contributed by atoms with Gasteiger partial charge in [0, 0.05) is 52.0 Å². The van der Waals surface area contributed by atoms with E-state index in [4.69, 9.17) is 42.1 Å². The first-order chi connectivity index (χ1) is 11.5. The Kier molecular flexibility index (Phi) is 10.1. The van der Waals surface area contributed by atoms with Gasteiger partial charge in [-0.15, -0.1) is 0 Å². The van der Waals surface area contributed by atoms with E-state index >= 15 is 0 Å². The molecule has 0 saturated carbocycles. The highest BCUT2D eigenvalue weighted by atomic mass is 35.5. The fraction of sp³-hybridized carbons (Fsp3) is 0.500.